The lowest BCUT2D eigenvalue weighted by Gasteiger charge is -2.32. The van der Waals surface area contributed by atoms with E-state index in [1.54, 1.807) is 0 Å². The van der Waals surface area contributed by atoms with Crippen molar-refractivity contribution in [3.8, 4) is 0 Å². The Hall–Kier alpha value is -0.380. The molecule has 0 spiro atoms. The molecular formula is C10H20N2O. The Morgan fingerprint density at radius 1 is 1.62 bits per heavy atom. The molecule has 2 N–H and O–H groups in total. The summed E-state index contributed by atoms with van der Waals surface area (Å²) in [6.07, 6.45) is 4.52. The summed E-state index contributed by atoms with van der Waals surface area (Å²) in [5.74, 6) is 0. The van der Waals surface area contributed by atoms with Gasteiger partial charge in [0.15, 0.2) is 0 Å². The first-order chi connectivity index (χ1) is 6.36. The number of morpholine rings is 1. The van der Waals surface area contributed by atoms with E-state index in [2.05, 4.69) is 11.5 Å². The fourth-order valence-corrected chi connectivity index (χ4v) is 1.59. The first-order valence-corrected chi connectivity index (χ1v) is 5.01. The standard InChI is InChI=1S/C10H20N2O/c1-2-3-4-5-12-6-7-13-10(8-11)9-12/h2,10H,1,3-9,11H2. The van der Waals surface area contributed by atoms with Gasteiger partial charge in [-0.1, -0.05) is 6.08 Å². The van der Waals surface area contributed by atoms with Crippen LogP contribution in [0.3, 0.4) is 0 Å². The zero-order chi connectivity index (χ0) is 9.52. The average Bonchev–Trinajstić information content (AvgIpc) is 2.19. The molecule has 1 atom stereocenters. The number of rotatable bonds is 5. The molecule has 76 valence electrons. The first-order valence-electron chi connectivity index (χ1n) is 5.01. The van der Waals surface area contributed by atoms with Crippen molar-refractivity contribution in [2.45, 2.75) is 18.9 Å². The van der Waals surface area contributed by atoms with Gasteiger partial charge in [0, 0.05) is 19.6 Å². The minimum absolute atomic E-state index is 0.248. The van der Waals surface area contributed by atoms with Crippen LogP contribution in [0.15, 0.2) is 12.7 Å². The lowest BCUT2D eigenvalue weighted by atomic mass is 10.2. The van der Waals surface area contributed by atoms with Crippen molar-refractivity contribution >= 4 is 0 Å². The molecule has 0 saturated carbocycles. The molecule has 1 fully saturated rings. The van der Waals surface area contributed by atoms with Crippen LogP contribution < -0.4 is 5.73 Å². The third-order valence-electron chi connectivity index (χ3n) is 2.37. The molecule has 1 unspecified atom stereocenters. The van der Waals surface area contributed by atoms with Crippen LogP contribution in [0.2, 0.25) is 0 Å². The molecule has 1 saturated heterocycles. The normalized spacial score (nSPS) is 24.5. The molecule has 0 bridgehead atoms. The van der Waals surface area contributed by atoms with Gasteiger partial charge < -0.3 is 10.5 Å². The molecule has 0 radical (unpaired) electrons. The molecule has 3 nitrogen and oxygen atoms in total. The molecule has 0 aliphatic carbocycles. The SMILES string of the molecule is C=CCCCN1CCOC(CN)C1. The lowest BCUT2D eigenvalue weighted by molar-refractivity contribution is -0.0232. The highest BCUT2D eigenvalue weighted by Gasteiger charge is 2.17. The third-order valence-corrected chi connectivity index (χ3v) is 2.37. The van der Waals surface area contributed by atoms with Crippen molar-refractivity contribution < 1.29 is 4.74 Å². The van der Waals surface area contributed by atoms with Gasteiger partial charge in [-0.15, -0.1) is 6.58 Å². The van der Waals surface area contributed by atoms with Gasteiger partial charge >= 0.3 is 0 Å². The van der Waals surface area contributed by atoms with Gasteiger partial charge in [-0.05, 0) is 19.4 Å². The summed E-state index contributed by atoms with van der Waals surface area (Å²) in [6, 6.07) is 0. The first kappa shape index (κ1) is 10.7. The largest absolute Gasteiger partial charge is 0.374 e. The van der Waals surface area contributed by atoms with Crippen LogP contribution in [-0.2, 0) is 4.74 Å². The van der Waals surface area contributed by atoms with Gasteiger partial charge in [0.25, 0.3) is 0 Å². The van der Waals surface area contributed by atoms with Gasteiger partial charge in [-0.25, -0.2) is 0 Å². The minimum atomic E-state index is 0.248. The Balaban J connectivity index is 2.14. The van der Waals surface area contributed by atoms with Crippen molar-refractivity contribution in [2.24, 2.45) is 5.73 Å². The molecule has 0 aromatic rings. The Labute approximate surface area is 80.5 Å². The van der Waals surface area contributed by atoms with Gasteiger partial charge in [-0.3, -0.25) is 4.90 Å². The lowest BCUT2D eigenvalue weighted by Crippen LogP contribution is -2.45. The Bertz CT molecular complexity index is 150. The van der Waals surface area contributed by atoms with E-state index in [1.807, 2.05) is 6.08 Å². The maximum atomic E-state index is 5.55. The molecule has 0 aromatic carbocycles. The van der Waals surface area contributed by atoms with Crippen molar-refractivity contribution in [3.05, 3.63) is 12.7 Å². The second-order valence-corrected chi connectivity index (χ2v) is 3.46. The topological polar surface area (TPSA) is 38.5 Å². The van der Waals surface area contributed by atoms with Gasteiger partial charge in [0.1, 0.15) is 0 Å². The Kier molecular flexibility index (Phi) is 5.05. The quantitative estimate of drug-likeness (QED) is 0.502. The average molecular weight is 184 g/mol. The fourth-order valence-electron chi connectivity index (χ4n) is 1.59. The molecule has 1 aliphatic rings. The number of ether oxygens (including phenoxy) is 1. The maximum absolute atomic E-state index is 5.55. The van der Waals surface area contributed by atoms with Crippen molar-refractivity contribution in [1.82, 2.24) is 4.90 Å². The summed E-state index contributed by atoms with van der Waals surface area (Å²) in [4.78, 5) is 2.42. The van der Waals surface area contributed by atoms with Gasteiger partial charge in [0.05, 0.1) is 12.7 Å². The smallest absolute Gasteiger partial charge is 0.0824 e. The van der Waals surface area contributed by atoms with Crippen molar-refractivity contribution in [3.63, 3.8) is 0 Å². The number of hydrogen-bond donors (Lipinski definition) is 1. The van der Waals surface area contributed by atoms with Gasteiger partial charge in [-0.2, -0.15) is 0 Å². The van der Waals surface area contributed by atoms with E-state index in [1.165, 1.54) is 6.42 Å². The van der Waals surface area contributed by atoms with E-state index >= 15 is 0 Å². The summed E-state index contributed by atoms with van der Waals surface area (Å²) in [7, 11) is 0. The maximum Gasteiger partial charge on any atom is 0.0824 e. The highest BCUT2D eigenvalue weighted by Crippen LogP contribution is 2.05. The van der Waals surface area contributed by atoms with Crippen LogP contribution in [0.1, 0.15) is 12.8 Å². The van der Waals surface area contributed by atoms with Crippen LogP contribution in [0, 0.1) is 0 Å². The van der Waals surface area contributed by atoms with Gasteiger partial charge in [0.2, 0.25) is 0 Å². The highest BCUT2D eigenvalue weighted by atomic mass is 16.5. The molecule has 0 amide bonds. The van der Waals surface area contributed by atoms with Crippen molar-refractivity contribution in [1.29, 1.82) is 0 Å². The van der Waals surface area contributed by atoms with E-state index in [0.717, 1.165) is 32.7 Å². The zero-order valence-electron chi connectivity index (χ0n) is 8.24. The Morgan fingerprint density at radius 2 is 2.46 bits per heavy atom. The molecule has 0 aromatic heterocycles. The molecule has 3 heteroatoms. The van der Waals surface area contributed by atoms with E-state index in [4.69, 9.17) is 10.5 Å². The number of unbranched alkanes of at least 4 members (excludes halogenated alkanes) is 1. The minimum Gasteiger partial charge on any atom is -0.374 e. The van der Waals surface area contributed by atoms with Crippen LogP contribution in [0.4, 0.5) is 0 Å². The van der Waals surface area contributed by atoms with E-state index < -0.39 is 0 Å². The zero-order valence-corrected chi connectivity index (χ0v) is 8.24. The number of nitrogens with two attached hydrogens (primary N) is 1. The van der Waals surface area contributed by atoms with Crippen LogP contribution in [0.5, 0.6) is 0 Å². The molecule has 1 aliphatic heterocycles. The third kappa shape index (κ3) is 3.89. The van der Waals surface area contributed by atoms with Crippen molar-refractivity contribution in [2.75, 3.05) is 32.8 Å². The second-order valence-electron chi connectivity index (χ2n) is 3.46. The molecule has 1 rings (SSSR count). The second kappa shape index (κ2) is 6.13. The predicted molar refractivity (Wildman–Crippen MR) is 54.7 cm³/mol. The fraction of sp³-hybridized carbons (Fsp3) is 0.800. The summed E-state index contributed by atoms with van der Waals surface area (Å²) in [5, 5.41) is 0. The van der Waals surface area contributed by atoms with Crippen LogP contribution in [-0.4, -0.2) is 43.8 Å². The number of hydrogen-bond acceptors (Lipinski definition) is 3. The van der Waals surface area contributed by atoms with Crippen LogP contribution >= 0.6 is 0 Å². The van der Waals surface area contributed by atoms with Crippen LogP contribution in [0.25, 0.3) is 0 Å². The predicted octanol–water partition coefficient (Wildman–Crippen LogP) is 0.612. The van der Waals surface area contributed by atoms with E-state index in [9.17, 15) is 0 Å². The highest BCUT2D eigenvalue weighted by molar-refractivity contribution is 4.73. The summed E-state index contributed by atoms with van der Waals surface area (Å²) < 4.78 is 5.48. The molecule has 13 heavy (non-hydrogen) atoms. The molecule has 1 heterocycles. The molecular weight excluding hydrogens is 164 g/mol. The van der Waals surface area contributed by atoms with E-state index in [-0.39, 0.29) is 6.10 Å². The monoisotopic (exact) mass is 184 g/mol. The summed E-state index contributed by atoms with van der Waals surface area (Å²) in [5.41, 5.74) is 5.55. The number of allylic oxidation sites excluding steroid dienone is 1. The summed E-state index contributed by atoms with van der Waals surface area (Å²) in [6.45, 7) is 8.37. The van der Waals surface area contributed by atoms with E-state index in [0.29, 0.717) is 6.54 Å². The summed E-state index contributed by atoms with van der Waals surface area (Å²) >= 11 is 0. The number of nitrogens with zero attached hydrogens (tertiary/aromatic N) is 1. The Morgan fingerprint density at radius 3 is 3.15 bits per heavy atom.